The largest absolute Gasteiger partial charge is 0.348 e. The van der Waals surface area contributed by atoms with E-state index in [-0.39, 0.29) is 18.0 Å². The standard InChI is InChI=1S/C17H23BrN2O3/c1-20(2)15-7-8-17(22-9-10-23-17)11-14(15)19-16(21)12-3-5-13(18)6-4-12/h3-6,14-15H,7-11H2,1-2H3,(H,19,21)/t14-,15-/m0/s1. The molecular weight excluding hydrogens is 360 g/mol. The molecule has 126 valence electrons. The first-order valence-corrected chi connectivity index (χ1v) is 8.79. The molecule has 0 radical (unpaired) electrons. The molecule has 1 aromatic carbocycles. The van der Waals surface area contributed by atoms with Gasteiger partial charge < -0.3 is 19.7 Å². The molecule has 2 aliphatic rings. The summed E-state index contributed by atoms with van der Waals surface area (Å²) >= 11 is 3.39. The molecule has 3 rings (SSSR count). The third kappa shape index (κ3) is 3.76. The number of halogens is 1. The molecule has 1 heterocycles. The zero-order valence-corrected chi connectivity index (χ0v) is 15.1. The summed E-state index contributed by atoms with van der Waals surface area (Å²) in [5, 5.41) is 3.18. The number of carbonyl (C=O) groups is 1. The highest BCUT2D eigenvalue weighted by molar-refractivity contribution is 9.10. The summed E-state index contributed by atoms with van der Waals surface area (Å²) in [6.07, 6.45) is 2.51. The lowest BCUT2D eigenvalue weighted by Crippen LogP contribution is -2.57. The average Bonchev–Trinajstić information content (AvgIpc) is 2.95. The maximum Gasteiger partial charge on any atom is 0.251 e. The van der Waals surface area contributed by atoms with Crippen molar-refractivity contribution in [1.29, 1.82) is 0 Å². The van der Waals surface area contributed by atoms with Gasteiger partial charge in [-0.2, -0.15) is 0 Å². The van der Waals surface area contributed by atoms with Crippen LogP contribution in [0.4, 0.5) is 0 Å². The third-order valence-corrected chi connectivity index (χ3v) is 5.24. The first-order chi connectivity index (χ1) is 11.0. The van der Waals surface area contributed by atoms with Crippen LogP contribution >= 0.6 is 15.9 Å². The van der Waals surface area contributed by atoms with E-state index in [0.29, 0.717) is 25.2 Å². The highest BCUT2D eigenvalue weighted by atomic mass is 79.9. The monoisotopic (exact) mass is 382 g/mol. The van der Waals surface area contributed by atoms with E-state index < -0.39 is 5.79 Å². The van der Waals surface area contributed by atoms with Crippen LogP contribution in [0.5, 0.6) is 0 Å². The Labute approximate surface area is 145 Å². The highest BCUT2D eigenvalue weighted by Gasteiger charge is 2.46. The van der Waals surface area contributed by atoms with Gasteiger partial charge in [-0.05, 0) is 44.8 Å². The van der Waals surface area contributed by atoms with Crippen LogP contribution in [0.3, 0.4) is 0 Å². The fourth-order valence-corrected chi connectivity index (χ4v) is 3.78. The van der Waals surface area contributed by atoms with Gasteiger partial charge in [0, 0.05) is 35.0 Å². The minimum atomic E-state index is -0.510. The predicted octanol–water partition coefficient (Wildman–Crippen LogP) is 2.40. The number of nitrogens with one attached hydrogen (secondary N) is 1. The van der Waals surface area contributed by atoms with Gasteiger partial charge in [0.15, 0.2) is 5.79 Å². The zero-order chi connectivity index (χ0) is 16.4. The molecule has 1 N–H and O–H groups in total. The lowest BCUT2D eigenvalue weighted by molar-refractivity contribution is -0.188. The molecule has 0 unspecified atom stereocenters. The summed E-state index contributed by atoms with van der Waals surface area (Å²) in [5.41, 5.74) is 0.665. The van der Waals surface area contributed by atoms with Gasteiger partial charge in [-0.25, -0.2) is 0 Å². The van der Waals surface area contributed by atoms with E-state index in [0.717, 1.165) is 17.3 Å². The summed E-state index contributed by atoms with van der Waals surface area (Å²) in [7, 11) is 4.11. The van der Waals surface area contributed by atoms with Crippen molar-refractivity contribution < 1.29 is 14.3 Å². The second-order valence-electron chi connectivity index (χ2n) is 6.47. The molecule has 1 saturated carbocycles. The van der Waals surface area contributed by atoms with Gasteiger partial charge >= 0.3 is 0 Å². The summed E-state index contributed by atoms with van der Waals surface area (Å²) in [5.74, 6) is -0.561. The van der Waals surface area contributed by atoms with Crippen LogP contribution in [0, 0.1) is 0 Å². The van der Waals surface area contributed by atoms with Crippen LogP contribution in [0.1, 0.15) is 29.6 Å². The fraction of sp³-hybridized carbons (Fsp3) is 0.588. The van der Waals surface area contributed by atoms with E-state index in [4.69, 9.17) is 9.47 Å². The van der Waals surface area contributed by atoms with Gasteiger partial charge in [0.2, 0.25) is 0 Å². The van der Waals surface area contributed by atoms with Crippen molar-refractivity contribution in [2.75, 3.05) is 27.3 Å². The van der Waals surface area contributed by atoms with Crippen molar-refractivity contribution >= 4 is 21.8 Å². The van der Waals surface area contributed by atoms with Gasteiger partial charge in [0.25, 0.3) is 5.91 Å². The van der Waals surface area contributed by atoms with E-state index in [1.807, 2.05) is 24.3 Å². The summed E-state index contributed by atoms with van der Waals surface area (Å²) in [4.78, 5) is 14.7. The smallest absolute Gasteiger partial charge is 0.251 e. The molecule has 1 spiro atoms. The van der Waals surface area contributed by atoms with Gasteiger partial charge in [-0.3, -0.25) is 4.79 Å². The van der Waals surface area contributed by atoms with Gasteiger partial charge in [-0.15, -0.1) is 0 Å². The van der Waals surface area contributed by atoms with Crippen molar-refractivity contribution in [3.63, 3.8) is 0 Å². The van der Waals surface area contributed by atoms with E-state index in [1.54, 1.807) is 0 Å². The van der Waals surface area contributed by atoms with E-state index in [2.05, 4.69) is 40.2 Å². The number of hydrogen-bond acceptors (Lipinski definition) is 4. The topological polar surface area (TPSA) is 50.8 Å². The number of benzene rings is 1. The molecule has 6 heteroatoms. The average molecular weight is 383 g/mol. The molecule has 1 amide bonds. The summed E-state index contributed by atoms with van der Waals surface area (Å²) in [6.45, 7) is 1.28. The van der Waals surface area contributed by atoms with Crippen molar-refractivity contribution in [1.82, 2.24) is 10.2 Å². The quantitative estimate of drug-likeness (QED) is 0.871. The maximum atomic E-state index is 12.6. The molecular formula is C17H23BrN2O3. The summed E-state index contributed by atoms with van der Waals surface area (Å²) < 4.78 is 12.7. The highest BCUT2D eigenvalue weighted by Crippen LogP contribution is 2.37. The van der Waals surface area contributed by atoms with E-state index >= 15 is 0 Å². The maximum absolute atomic E-state index is 12.6. The minimum absolute atomic E-state index is 0.00740. The number of ether oxygens (including phenoxy) is 2. The van der Waals surface area contributed by atoms with Gasteiger partial charge in [0.05, 0.1) is 13.2 Å². The minimum Gasteiger partial charge on any atom is -0.348 e. The third-order valence-electron chi connectivity index (χ3n) is 4.72. The SMILES string of the molecule is CN(C)[C@H]1CCC2(C[C@@H]1NC(=O)c1ccc(Br)cc1)OCCO2. The molecule has 0 aromatic heterocycles. The van der Waals surface area contributed by atoms with E-state index in [9.17, 15) is 4.79 Å². The molecule has 1 saturated heterocycles. The molecule has 5 nitrogen and oxygen atoms in total. The second kappa shape index (κ2) is 6.89. The van der Waals surface area contributed by atoms with Crippen LogP contribution in [0.15, 0.2) is 28.7 Å². The van der Waals surface area contributed by atoms with Crippen molar-refractivity contribution in [2.24, 2.45) is 0 Å². The Morgan fingerprint density at radius 3 is 2.52 bits per heavy atom. The van der Waals surface area contributed by atoms with Crippen LogP contribution in [0.2, 0.25) is 0 Å². The Morgan fingerprint density at radius 2 is 1.91 bits per heavy atom. The Kier molecular flexibility index (Phi) is 5.06. The van der Waals surface area contributed by atoms with Crippen molar-refractivity contribution in [3.05, 3.63) is 34.3 Å². The molecule has 1 aromatic rings. The molecule has 1 aliphatic heterocycles. The molecule has 23 heavy (non-hydrogen) atoms. The molecule has 2 atom stereocenters. The van der Waals surface area contributed by atoms with Gasteiger partial charge in [-0.1, -0.05) is 15.9 Å². The lowest BCUT2D eigenvalue weighted by Gasteiger charge is -2.43. The van der Waals surface area contributed by atoms with Crippen LogP contribution in [0.25, 0.3) is 0 Å². The Bertz CT molecular complexity index is 555. The van der Waals surface area contributed by atoms with Crippen molar-refractivity contribution in [3.8, 4) is 0 Å². The predicted molar refractivity (Wildman–Crippen MR) is 91.4 cm³/mol. The van der Waals surface area contributed by atoms with E-state index in [1.165, 1.54) is 0 Å². The van der Waals surface area contributed by atoms with Gasteiger partial charge in [0.1, 0.15) is 0 Å². The lowest BCUT2D eigenvalue weighted by atomic mass is 9.84. The normalized spacial score (nSPS) is 26.6. The molecule has 0 bridgehead atoms. The molecule has 1 aliphatic carbocycles. The summed E-state index contributed by atoms with van der Waals surface area (Å²) in [6, 6.07) is 7.70. The van der Waals surface area contributed by atoms with Crippen molar-refractivity contribution in [2.45, 2.75) is 37.1 Å². The first-order valence-electron chi connectivity index (χ1n) is 8.00. The number of nitrogens with zero attached hydrogens (tertiary/aromatic N) is 1. The number of carbonyl (C=O) groups excluding carboxylic acids is 1. The Morgan fingerprint density at radius 1 is 1.26 bits per heavy atom. The van der Waals surface area contributed by atoms with Crippen LogP contribution in [-0.4, -0.2) is 56.0 Å². The number of amides is 1. The second-order valence-corrected chi connectivity index (χ2v) is 7.38. The zero-order valence-electron chi connectivity index (χ0n) is 13.5. The Hall–Kier alpha value is -0.950. The van der Waals surface area contributed by atoms with Crippen LogP contribution in [-0.2, 0) is 9.47 Å². The first kappa shape index (κ1) is 16.9. The van der Waals surface area contributed by atoms with Crippen LogP contribution < -0.4 is 5.32 Å². The molecule has 2 fully saturated rings. The fourth-order valence-electron chi connectivity index (χ4n) is 3.52. The number of hydrogen-bond donors (Lipinski definition) is 1. The number of rotatable bonds is 3. The number of likely N-dealkylation sites (N-methyl/N-ethyl adjacent to an activating group) is 1. The Balaban J connectivity index is 1.73.